The Hall–Kier alpha value is -2.10. The predicted octanol–water partition coefficient (Wildman–Crippen LogP) is 4.01. The zero-order valence-corrected chi connectivity index (χ0v) is 12.0. The van der Waals surface area contributed by atoms with Crippen molar-refractivity contribution in [1.82, 2.24) is 4.98 Å². The minimum Gasteiger partial charge on any atom is -0.473 e. The van der Waals surface area contributed by atoms with E-state index in [2.05, 4.69) is 31.1 Å². The summed E-state index contributed by atoms with van der Waals surface area (Å²) in [7, 11) is 0. The lowest BCUT2D eigenvalue weighted by atomic mass is 10.1. The Labute approximate surface area is 118 Å². The van der Waals surface area contributed by atoms with Crippen molar-refractivity contribution in [2.75, 3.05) is 5.32 Å². The van der Waals surface area contributed by atoms with Crippen LogP contribution in [0.15, 0.2) is 42.5 Å². The molecule has 1 N–H and O–H groups in total. The molecule has 0 spiro atoms. The molecule has 0 aliphatic heterocycles. The lowest BCUT2D eigenvalue weighted by molar-refractivity contribution is 0.288. The van der Waals surface area contributed by atoms with E-state index in [1.807, 2.05) is 12.1 Å². The number of pyridine rings is 1. The zero-order valence-electron chi connectivity index (χ0n) is 12.0. The molecule has 1 aromatic heterocycles. The number of hydrogen-bond acceptors (Lipinski definition) is 3. The van der Waals surface area contributed by atoms with Gasteiger partial charge in [0.1, 0.15) is 18.2 Å². The van der Waals surface area contributed by atoms with Crippen LogP contribution in [0, 0.1) is 5.82 Å². The first-order chi connectivity index (χ1) is 9.44. The average Bonchev–Trinajstić information content (AvgIpc) is 2.36. The first-order valence-electron chi connectivity index (χ1n) is 6.55. The molecule has 0 amide bonds. The Kier molecular flexibility index (Phi) is 4.23. The molecular formula is C16H19FN2O. The average molecular weight is 274 g/mol. The number of rotatable bonds is 4. The second kappa shape index (κ2) is 5.90. The number of nitrogens with one attached hydrogen (secondary N) is 1. The van der Waals surface area contributed by atoms with Crippen LogP contribution in [-0.4, -0.2) is 10.5 Å². The van der Waals surface area contributed by atoms with Crippen LogP contribution < -0.4 is 10.1 Å². The molecule has 1 heterocycles. The zero-order chi connectivity index (χ0) is 14.6. The molecule has 0 aliphatic carbocycles. The van der Waals surface area contributed by atoms with E-state index in [1.54, 1.807) is 24.3 Å². The van der Waals surface area contributed by atoms with E-state index in [1.165, 1.54) is 6.07 Å². The van der Waals surface area contributed by atoms with Crippen molar-refractivity contribution in [3.63, 3.8) is 0 Å². The normalized spacial score (nSPS) is 11.2. The molecule has 20 heavy (non-hydrogen) atoms. The van der Waals surface area contributed by atoms with Crippen molar-refractivity contribution in [2.45, 2.75) is 32.9 Å². The lowest BCUT2D eigenvalue weighted by Gasteiger charge is -2.21. The summed E-state index contributed by atoms with van der Waals surface area (Å²) in [4.78, 5) is 4.35. The molecule has 0 radical (unpaired) electrons. The van der Waals surface area contributed by atoms with Crippen LogP contribution in [0.3, 0.4) is 0 Å². The van der Waals surface area contributed by atoms with Crippen molar-refractivity contribution in [3.05, 3.63) is 53.8 Å². The standard InChI is InChI=1S/C16H19FN2O/c1-16(2,3)19-14-9-6-10-15(18-14)20-11-12-7-4-5-8-13(12)17/h4-10H,11H2,1-3H3,(H,18,19). The van der Waals surface area contributed by atoms with Crippen molar-refractivity contribution in [1.29, 1.82) is 0 Å². The van der Waals surface area contributed by atoms with Gasteiger partial charge in [0.05, 0.1) is 0 Å². The fourth-order valence-electron chi connectivity index (χ4n) is 1.72. The molecule has 0 atom stereocenters. The summed E-state index contributed by atoms with van der Waals surface area (Å²) in [5, 5.41) is 3.27. The van der Waals surface area contributed by atoms with E-state index in [-0.39, 0.29) is 18.0 Å². The fourth-order valence-corrected chi connectivity index (χ4v) is 1.72. The van der Waals surface area contributed by atoms with E-state index >= 15 is 0 Å². The highest BCUT2D eigenvalue weighted by atomic mass is 19.1. The number of anilines is 1. The third kappa shape index (κ3) is 4.23. The van der Waals surface area contributed by atoms with Gasteiger partial charge in [0, 0.05) is 17.2 Å². The number of halogens is 1. The first kappa shape index (κ1) is 14.3. The highest BCUT2D eigenvalue weighted by molar-refractivity contribution is 5.39. The molecule has 2 rings (SSSR count). The summed E-state index contributed by atoms with van der Waals surface area (Å²) >= 11 is 0. The number of nitrogens with zero attached hydrogens (tertiary/aromatic N) is 1. The van der Waals surface area contributed by atoms with E-state index < -0.39 is 0 Å². The molecule has 0 fully saturated rings. The Balaban J connectivity index is 2.03. The van der Waals surface area contributed by atoms with Crippen molar-refractivity contribution < 1.29 is 9.13 Å². The summed E-state index contributed by atoms with van der Waals surface area (Å²) < 4.78 is 19.0. The van der Waals surface area contributed by atoms with Gasteiger partial charge < -0.3 is 10.1 Å². The number of ether oxygens (including phenoxy) is 1. The van der Waals surface area contributed by atoms with E-state index in [0.717, 1.165) is 5.82 Å². The third-order valence-corrected chi connectivity index (χ3v) is 2.56. The summed E-state index contributed by atoms with van der Waals surface area (Å²) in [5.41, 5.74) is 0.445. The van der Waals surface area contributed by atoms with E-state index in [4.69, 9.17) is 4.74 Å². The Morgan fingerprint density at radius 1 is 1.10 bits per heavy atom. The SMILES string of the molecule is CC(C)(C)Nc1cccc(OCc2ccccc2F)n1. The quantitative estimate of drug-likeness (QED) is 0.914. The van der Waals surface area contributed by atoms with Gasteiger partial charge in [0.25, 0.3) is 0 Å². The van der Waals surface area contributed by atoms with Crippen LogP contribution in [0.4, 0.5) is 10.2 Å². The maximum absolute atomic E-state index is 13.5. The van der Waals surface area contributed by atoms with Gasteiger partial charge in [-0.05, 0) is 32.9 Å². The molecule has 3 nitrogen and oxygen atoms in total. The summed E-state index contributed by atoms with van der Waals surface area (Å²) in [6.07, 6.45) is 0. The molecule has 0 aliphatic rings. The summed E-state index contributed by atoms with van der Waals surface area (Å²) in [6.45, 7) is 6.34. The van der Waals surface area contributed by atoms with Gasteiger partial charge in [-0.1, -0.05) is 24.3 Å². The second-order valence-corrected chi connectivity index (χ2v) is 5.62. The van der Waals surface area contributed by atoms with Gasteiger partial charge >= 0.3 is 0 Å². The maximum Gasteiger partial charge on any atom is 0.215 e. The van der Waals surface area contributed by atoms with Crippen LogP contribution in [0.1, 0.15) is 26.3 Å². The smallest absolute Gasteiger partial charge is 0.215 e. The van der Waals surface area contributed by atoms with Crippen LogP contribution in [0.25, 0.3) is 0 Å². The molecule has 2 aromatic rings. The summed E-state index contributed by atoms with van der Waals surface area (Å²) in [6, 6.07) is 12.1. The molecule has 0 saturated heterocycles. The van der Waals surface area contributed by atoms with Gasteiger partial charge in [-0.3, -0.25) is 0 Å². The van der Waals surface area contributed by atoms with Crippen molar-refractivity contribution >= 4 is 5.82 Å². The monoisotopic (exact) mass is 274 g/mol. The topological polar surface area (TPSA) is 34.1 Å². The molecule has 0 bridgehead atoms. The molecule has 1 aromatic carbocycles. The van der Waals surface area contributed by atoms with Crippen molar-refractivity contribution in [3.8, 4) is 5.88 Å². The van der Waals surface area contributed by atoms with Crippen LogP contribution in [-0.2, 0) is 6.61 Å². The predicted molar refractivity (Wildman–Crippen MR) is 78.3 cm³/mol. The summed E-state index contributed by atoms with van der Waals surface area (Å²) in [5.74, 6) is 0.947. The Bertz CT molecular complexity index is 579. The number of benzene rings is 1. The van der Waals surface area contributed by atoms with Gasteiger partial charge in [0.15, 0.2) is 0 Å². The van der Waals surface area contributed by atoms with Gasteiger partial charge in [-0.25, -0.2) is 4.39 Å². The first-order valence-corrected chi connectivity index (χ1v) is 6.55. The van der Waals surface area contributed by atoms with E-state index in [0.29, 0.717) is 11.4 Å². The van der Waals surface area contributed by atoms with Crippen molar-refractivity contribution in [2.24, 2.45) is 0 Å². The third-order valence-electron chi connectivity index (χ3n) is 2.56. The minimum absolute atomic E-state index is 0.0723. The molecule has 4 heteroatoms. The Morgan fingerprint density at radius 3 is 2.55 bits per heavy atom. The maximum atomic E-state index is 13.5. The van der Waals surface area contributed by atoms with Gasteiger partial charge in [-0.15, -0.1) is 0 Å². The Morgan fingerprint density at radius 2 is 1.85 bits per heavy atom. The van der Waals surface area contributed by atoms with Crippen LogP contribution in [0.2, 0.25) is 0 Å². The van der Waals surface area contributed by atoms with Crippen LogP contribution >= 0.6 is 0 Å². The molecular weight excluding hydrogens is 255 g/mol. The van der Waals surface area contributed by atoms with Gasteiger partial charge in [-0.2, -0.15) is 4.98 Å². The van der Waals surface area contributed by atoms with E-state index in [9.17, 15) is 4.39 Å². The lowest BCUT2D eigenvalue weighted by Crippen LogP contribution is -2.26. The number of aromatic nitrogens is 1. The van der Waals surface area contributed by atoms with Crippen LogP contribution in [0.5, 0.6) is 5.88 Å². The molecule has 106 valence electrons. The second-order valence-electron chi connectivity index (χ2n) is 5.62. The number of hydrogen-bond donors (Lipinski definition) is 1. The molecule has 0 unspecified atom stereocenters. The molecule has 0 saturated carbocycles. The van der Waals surface area contributed by atoms with Gasteiger partial charge in [0.2, 0.25) is 5.88 Å². The largest absolute Gasteiger partial charge is 0.473 e. The fraction of sp³-hybridized carbons (Fsp3) is 0.312. The highest BCUT2D eigenvalue weighted by Gasteiger charge is 2.10. The highest BCUT2D eigenvalue weighted by Crippen LogP contribution is 2.17. The minimum atomic E-state index is -0.267.